The fourth-order valence-corrected chi connectivity index (χ4v) is 2.77. The van der Waals surface area contributed by atoms with Gasteiger partial charge >= 0.3 is 0 Å². The molecule has 0 radical (unpaired) electrons. The monoisotopic (exact) mass is 288 g/mol. The molecule has 6 heteroatoms. The summed E-state index contributed by atoms with van der Waals surface area (Å²) in [6.07, 6.45) is 0. The molecule has 0 aliphatic rings. The van der Waals surface area contributed by atoms with Crippen molar-refractivity contribution in [3.8, 4) is 10.6 Å². The van der Waals surface area contributed by atoms with E-state index in [4.69, 9.17) is 41.2 Å². The van der Waals surface area contributed by atoms with Gasteiger partial charge in [0.15, 0.2) is 0 Å². The van der Waals surface area contributed by atoms with E-state index in [-0.39, 0.29) is 4.99 Å². The van der Waals surface area contributed by atoms with Gasteiger partial charge in [-0.1, -0.05) is 35.4 Å². The Morgan fingerprint density at radius 1 is 1.38 bits per heavy atom. The zero-order valence-corrected chi connectivity index (χ0v) is 11.1. The lowest BCUT2D eigenvalue weighted by Crippen LogP contribution is -2.09. The van der Waals surface area contributed by atoms with E-state index < -0.39 is 0 Å². The molecule has 1 aromatic carbocycles. The van der Waals surface area contributed by atoms with Crippen molar-refractivity contribution in [3.05, 3.63) is 39.3 Å². The summed E-state index contributed by atoms with van der Waals surface area (Å²) in [4.78, 5) is 4.58. The zero-order chi connectivity index (χ0) is 11.7. The van der Waals surface area contributed by atoms with E-state index in [2.05, 4.69) is 4.98 Å². The van der Waals surface area contributed by atoms with Gasteiger partial charge in [0.2, 0.25) is 0 Å². The van der Waals surface area contributed by atoms with Crippen molar-refractivity contribution in [2.75, 3.05) is 0 Å². The van der Waals surface area contributed by atoms with E-state index in [9.17, 15) is 0 Å². The van der Waals surface area contributed by atoms with Gasteiger partial charge in [0.25, 0.3) is 0 Å². The standard InChI is InChI=1S/C10H6Cl2N2S2/c11-5-1-2-6(7(12)3-5)10-14-8(4-16-10)9(13)15/h1-4H,(H2,13,15). The molecule has 2 aromatic rings. The molecule has 0 saturated heterocycles. The number of rotatable bonds is 2. The molecule has 2 rings (SSSR count). The first-order chi connectivity index (χ1) is 7.58. The second-order valence-electron chi connectivity index (χ2n) is 3.03. The van der Waals surface area contributed by atoms with Crippen LogP contribution in [0.4, 0.5) is 0 Å². The first-order valence-corrected chi connectivity index (χ1v) is 6.33. The van der Waals surface area contributed by atoms with E-state index in [0.717, 1.165) is 10.6 Å². The molecule has 0 fully saturated rings. The molecule has 0 unspecified atom stereocenters. The topological polar surface area (TPSA) is 38.9 Å². The minimum absolute atomic E-state index is 0.285. The summed E-state index contributed by atoms with van der Waals surface area (Å²) in [5, 5.41) is 3.75. The molecule has 0 spiro atoms. The number of nitrogens with two attached hydrogens (primary N) is 1. The van der Waals surface area contributed by atoms with Gasteiger partial charge in [-0.05, 0) is 18.2 Å². The van der Waals surface area contributed by atoms with E-state index in [1.54, 1.807) is 12.1 Å². The smallest absolute Gasteiger partial charge is 0.125 e. The molecule has 0 amide bonds. The Labute approximate surface area is 112 Å². The highest BCUT2D eigenvalue weighted by atomic mass is 35.5. The van der Waals surface area contributed by atoms with Crippen LogP contribution in [-0.2, 0) is 0 Å². The molecule has 2 N–H and O–H groups in total. The minimum atomic E-state index is 0.285. The third-order valence-corrected chi connectivity index (χ3v) is 3.55. The first-order valence-electron chi connectivity index (χ1n) is 4.28. The van der Waals surface area contributed by atoms with Gasteiger partial charge in [-0.3, -0.25) is 0 Å². The van der Waals surface area contributed by atoms with E-state index >= 15 is 0 Å². The van der Waals surface area contributed by atoms with Gasteiger partial charge in [-0.15, -0.1) is 11.3 Å². The van der Waals surface area contributed by atoms with Crippen molar-refractivity contribution in [1.82, 2.24) is 4.98 Å². The van der Waals surface area contributed by atoms with Crippen molar-refractivity contribution < 1.29 is 0 Å². The molecule has 1 heterocycles. The van der Waals surface area contributed by atoms with E-state index in [1.807, 2.05) is 11.4 Å². The maximum atomic E-state index is 6.07. The SMILES string of the molecule is NC(=S)c1csc(-c2ccc(Cl)cc2Cl)n1. The summed E-state index contributed by atoms with van der Waals surface area (Å²) >= 11 is 18.2. The number of aromatic nitrogens is 1. The van der Waals surface area contributed by atoms with Crippen LogP contribution in [0.25, 0.3) is 10.6 Å². The molecule has 2 nitrogen and oxygen atoms in total. The fraction of sp³-hybridized carbons (Fsp3) is 0. The number of thiocarbonyl (C=S) groups is 1. The lowest BCUT2D eigenvalue weighted by molar-refractivity contribution is 1.37. The summed E-state index contributed by atoms with van der Waals surface area (Å²) in [5.41, 5.74) is 6.93. The Bertz CT molecular complexity index is 552. The number of thiazole rings is 1. The normalized spacial score (nSPS) is 10.4. The predicted molar refractivity (Wildman–Crippen MR) is 73.5 cm³/mol. The van der Waals surface area contributed by atoms with Crippen LogP contribution < -0.4 is 5.73 Å². The van der Waals surface area contributed by atoms with Gasteiger partial charge in [-0.2, -0.15) is 0 Å². The number of hydrogen-bond acceptors (Lipinski definition) is 3. The van der Waals surface area contributed by atoms with Crippen LogP contribution in [0, 0.1) is 0 Å². The van der Waals surface area contributed by atoms with Crippen molar-refractivity contribution in [2.45, 2.75) is 0 Å². The average Bonchev–Trinajstić information content (AvgIpc) is 2.66. The molecular formula is C10H6Cl2N2S2. The summed E-state index contributed by atoms with van der Waals surface area (Å²) < 4.78 is 0. The molecule has 1 aromatic heterocycles. The fourth-order valence-electron chi connectivity index (χ4n) is 1.17. The molecule has 82 valence electrons. The highest BCUT2D eigenvalue weighted by molar-refractivity contribution is 7.80. The highest BCUT2D eigenvalue weighted by Crippen LogP contribution is 2.32. The predicted octanol–water partition coefficient (Wildman–Crippen LogP) is 3.75. The van der Waals surface area contributed by atoms with Crippen LogP contribution in [0.1, 0.15) is 5.69 Å². The Morgan fingerprint density at radius 3 is 2.69 bits per heavy atom. The molecule has 0 aliphatic heterocycles. The average molecular weight is 289 g/mol. The zero-order valence-electron chi connectivity index (χ0n) is 7.91. The van der Waals surface area contributed by atoms with Crippen LogP contribution in [0.3, 0.4) is 0 Å². The molecule has 0 bridgehead atoms. The van der Waals surface area contributed by atoms with Crippen LogP contribution >= 0.6 is 46.8 Å². The number of nitrogens with zero attached hydrogens (tertiary/aromatic N) is 1. The van der Waals surface area contributed by atoms with Gasteiger partial charge in [0, 0.05) is 16.0 Å². The maximum Gasteiger partial charge on any atom is 0.125 e. The lowest BCUT2D eigenvalue weighted by Gasteiger charge is -2.00. The van der Waals surface area contributed by atoms with Crippen molar-refractivity contribution in [2.24, 2.45) is 5.73 Å². The maximum absolute atomic E-state index is 6.07. The highest BCUT2D eigenvalue weighted by Gasteiger charge is 2.09. The molecule has 0 atom stereocenters. The van der Waals surface area contributed by atoms with Crippen LogP contribution in [-0.4, -0.2) is 9.97 Å². The summed E-state index contributed by atoms with van der Waals surface area (Å²) in [6, 6.07) is 5.28. The largest absolute Gasteiger partial charge is 0.388 e. The quantitative estimate of drug-likeness (QED) is 0.856. The van der Waals surface area contributed by atoms with Crippen molar-refractivity contribution in [1.29, 1.82) is 0 Å². The van der Waals surface area contributed by atoms with Crippen molar-refractivity contribution >= 4 is 51.7 Å². The molecule has 0 aliphatic carbocycles. The molecule has 16 heavy (non-hydrogen) atoms. The second kappa shape index (κ2) is 4.67. The minimum Gasteiger partial charge on any atom is -0.388 e. The van der Waals surface area contributed by atoms with Gasteiger partial charge < -0.3 is 5.73 Å². The Hall–Kier alpha value is -0.680. The second-order valence-corrected chi connectivity index (χ2v) is 5.17. The third-order valence-electron chi connectivity index (χ3n) is 1.92. The lowest BCUT2D eigenvalue weighted by atomic mass is 10.2. The van der Waals surface area contributed by atoms with Crippen LogP contribution in [0.5, 0.6) is 0 Å². The molecule has 0 saturated carbocycles. The van der Waals surface area contributed by atoms with Crippen LogP contribution in [0.2, 0.25) is 10.0 Å². The number of halogens is 2. The number of benzene rings is 1. The Kier molecular flexibility index (Phi) is 3.44. The Morgan fingerprint density at radius 2 is 2.12 bits per heavy atom. The van der Waals surface area contributed by atoms with Gasteiger partial charge in [-0.25, -0.2) is 4.98 Å². The first kappa shape index (κ1) is 11.8. The summed E-state index contributed by atoms with van der Waals surface area (Å²) in [6.45, 7) is 0. The van der Waals surface area contributed by atoms with Crippen molar-refractivity contribution in [3.63, 3.8) is 0 Å². The molecular weight excluding hydrogens is 283 g/mol. The Balaban J connectivity index is 2.46. The number of hydrogen-bond donors (Lipinski definition) is 1. The summed E-state index contributed by atoms with van der Waals surface area (Å²) in [5.74, 6) is 0. The van der Waals surface area contributed by atoms with Gasteiger partial charge in [0.05, 0.1) is 5.02 Å². The van der Waals surface area contributed by atoms with Gasteiger partial charge in [0.1, 0.15) is 15.7 Å². The van der Waals surface area contributed by atoms with E-state index in [0.29, 0.717) is 15.7 Å². The third kappa shape index (κ3) is 2.35. The van der Waals surface area contributed by atoms with Crippen LogP contribution in [0.15, 0.2) is 23.6 Å². The summed E-state index contributed by atoms with van der Waals surface area (Å²) in [7, 11) is 0. The van der Waals surface area contributed by atoms with E-state index in [1.165, 1.54) is 11.3 Å².